The van der Waals surface area contributed by atoms with Crippen LogP contribution in [0.25, 0.3) is 0 Å². The average molecular weight is 386 g/mol. The number of ether oxygens (including phenoxy) is 1. The van der Waals surface area contributed by atoms with Crippen LogP contribution in [0.15, 0.2) is 23.3 Å². The van der Waals surface area contributed by atoms with Gasteiger partial charge in [-0.1, -0.05) is 19.9 Å². The number of hydrazone groups is 1. The predicted molar refractivity (Wildman–Crippen MR) is 95.4 cm³/mol. The first-order valence-electron chi connectivity index (χ1n) is 8.82. The number of aryl methyl sites for hydroxylation is 2. The number of aliphatic hydroxyl groups is 1. The van der Waals surface area contributed by atoms with E-state index in [1.54, 1.807) is 12.1 Å². The number of alkyl halides is 3. The van der Waals surface area contributed by atoms with Crippen molar-refractivity contribution in [1.82, 2.24) is 5.01 Å². The lowest BCUT2D eigenvalue weighted by molar-refractivity contribution is -0.302. The van der Waals surface area contributed by atoms with Gasteiger partial charge in [-0.25, -0.2) is 0 Å². The van der Waals surface area contributed by atoms with Crippen LogP contribution in [-0.4, -0.2) is 40.2 Å². The number of carbonyl (C=O) groups is 1. The van der Waals surface area contributed by atoms with E-state index in [4.69, 9.17) is 4.74 Å². The standard InChI is InChI=1S/C19H25F3N2O3/c1-12(2)5-6-15-10-18(26,19(20,21)22)24(23-15)17(25)11-27-16-8-13(3)7-14(4)9-16/h7-9,12,26H,5-6,10-11H2,1-4H3/t18-/m0/s1. The van der Waals surface area contributed by atoms with Crippen LogP contribution >= 0.6 is 0 Å². The molecule has 1 N–H and O–H groups in total. The number of carbonyl (C=O) groups excluding carboxylic acids is 1. The Labute approximate surface area is 156 Å². The Balaban J connectivity index is 2.15. The first-order chi connectivity index (χ1) is 12.4. The lowest BCUT2D eigenvalue weighted by Gasteiger charge is -2.32. The van der Waals surface area contributed by atoms with Crippen molar-refractivity contribution >= 4 is 11.6 Å². The van der Waals surface area contributed by atoms with Crippen molar-refractivity contribution in [2.75, 3.05) is 6.61 Å². The summed E-state index contributed by atoms with van der Waals surface area (Å²) < 4.78 is 45.7. The second-order valence-electron chi connectivity index (χ2n) is 7.41. The van der Waals surface area contributed by atoms with Crippen molar-refractivity contribution in [2.24, 2.45) is 11.0 Å². The van der Waals surface area contributed by atoms with Gasteiger partial charge in [0.05, 0.1) is 0 Å². The molecular formula is C19H25F3N2O3. The third-order valence-electron chi connectivity index (χ3n) is 4.30. The largest absolute Gasteiger partial charge is 0.484 e. The molecule has 1 heterocycles. The fourth-order valence-corrected chi connectivity index (χ4v) is 2.92. The second-order valence-corrected chi connectivity index (χ2v) is 7.41. The highest BCUT2D eigenvalue weighted by molar-refractivity contribution is 5.91. The molecule has 0 fully saturated rings. The first kappa shape index (κ1) is 21.2. The van der Waals surface area contributed by atoms with Crippen molar-refractivity contribution in [2.45, 2.75) is 58.9 Å². The molecule has 1 aliphatic heterocycles. The van der Waals surface area contributed by atoms with E-state index < -0.39 is 30.8 Å². The molecule has 1 aliphatic rings. The normalized spacial score (nSPS) is 20.2. The molecular weight excluding hydrogens is 361 g/mol. The van der Waals surface area contributed by atoms with Crippen molar-refractivity contribution < 1.29 is 27.8 Å². The molecule has 8 heteroatoms. The maximum absolute atomic E-state index is 13.4. The second kappa shape index (κ2) is 7.88. The molecule has 0 bridgehead atoms. The number of benzene rings is 1. The monoisotopic (exact) mass is 386 g/mol. The summed E-state index contributed by atoms with van der Waals surface area (Å²) in [5.74, 6) is -0.405. The summed E-state index contributed by atoms with van der Waals surface area (Å²) >= 11 is 0. The van der Waals surface area contributed by atoms with Gasteiger partial charge in [-0.3, -0.25) is 4.79 Å². The zero-order valence-corrected chi connectivity index (χ0v) is 15.9. The van der Waals surface area contributed by atoms with E-state index in [9.17, 15) is 23.1 Å². The molecule has 0 radical (unpaired) electrons. The maximum atomic E-state index is 13.4. The number of amides is 1. The molecule has 2 rings (SSSR count). The smallest absolute Gasteiger partial charge is 0.438 e. The predicted octanol–water partition coefficient (Wildman–Crippen LogP) is 3.96. The summed E-state index contributed by atoms with van der Waals surface area (Å²) in [5.41, 5.74) is -1.37. The Hall–Kier alpha value is -2.09. The summed E-state index contributed by atoms with van der Waals surface area (Å²) in [5, 5.41) is 14.1. The molecule has 0 aromatic heterocycles. The van der Waals surface area contributed by atoms with Crippen molar-refractivity contribution in [1.29, 1.82) is 0 Å². The van der Waals surface area contributed by atoms with E-state index in [-0.39, 0.29) is 23.1 Å². The minimum absolute atomic E-state index is 0.130. The lowest BCUT2D eigenvalue weighted by Crippen LogP contribution is -2.57. The van der Waals surface area contributed by atoms with Gasteiger partial charge in [0, 0.05) is 12.1 Å². The molecule has 0 spiro atoms. The summed E-state index contributed by atoms with van der Waals surface area (Å²) in [6.45, 7) is 6.91. The van der Waals surface area contributed by atoms with Crippen LogP contribution in [0.2, 0.25) is 0 Å². The number of hydrogen-bond acceptors (Lipinski definition) is 4. The molecule has 1 aromatic rings. The highest BCUT2D eigenvalue weighted by atomic mass is 19.4. The minimum atomic E-state index is -5.02. The van der Waals surface area contributed by atoms with Gasteiger partial charge in [0.2, 0.25) is 0 Å². The van der Waals surface area contributed by atoms with Crippen LogP contribution in [0.1, 0.15) is 44.2 Å². The van der Waals surface area contributed by atoms with Crippen LogP contribution < -0.4 is 4.74 Å². The molecule has 0 aliphatic carbocycles. The van der Waals surface area contributed by atoms with Gasteiger partial charge in [-0.05, 0) is 55.9 Å². The van der Waals surface area contributed by atoms with E-state index in [0.717, 1.165) is 11.1 Å². The van der Waals surface area contributed by atoms with E-state index in [2.05, 4.69) is 5.10 Å². The van der Waals surface area contributed by atoms with E-state index >= 15 is 0 Å². The molecule has 0 unspecified atom stereocenters. The van der Waals surface area contributed by atoms with Gasteiger partial charge in [0.1, 0.15) is 5.75 Å². The number of halogens is 3. The molecule has 1 atom stereocenters. The Kier molecular flexibility index (Phi) is 6.19. The topological polar surface area (TPSA) is 62.1 Å². The Morgan fingerprint density at radius 3 is 2.41 bits per heavy atom. The molecule has 0 saturated carbocycles. The summed E-state index contributed by atoms with van der Waals surface area (Å²) in [6.07, 6.45) is -4.85. The summed E-state index contributed by atoms with van der Waals surface area (Å²) in [4.78, 5) is 12.4. The molecule has 5 nitrogen and oxygen atoms in total. The number of hydrogen-bond donors (Lipinski definition) is 1. The summed E-state index contributed by atoms with van der Waals surface area (Å²) in [6, 6.07) is 5.26. The average Bonchev–Trinajstić information content (AvgIpc) is 2.88. The highest BCUT2D eigenvalue weighted by Crippen LogP contribution is 2.41. The third-order valence-corrected chi connectivity index (χ3v) is 4.30. The molecule has 27 heavy (non-hydrogen) atoms. The Morgan fingerprint density at radius 2 is 1.89 bits per heavy atom. The Bertz CT molecular complexity index is 711. The van der Waals surface area contributed by atoms with E-state index in [0.29, 0.717) is 12.2 Å². The third kappa shape index (κ3) is 5.00. The van der Waals surface area contributed by atoms with E-state index in [1.807, 2.05) is 33.8 Å². The zero-order valence-electron chi connectivity index (χ0n) is 15.9. The van der Waals surface area contributed by atoms with Gasteiger partial charge in [0.25, 0.3) is 11.6 Å². The minimum Gasteiger partial charge on any atom is -0.484 e. The molecule has 1 amide bonds. The quantitative estimate of drug-likeness (QED) is 0.805. The van der Waals surface area contributed by atoms with Gasteiger partial charge >= 0.3 is 6.18 Å². The maximum Gasteiger partial charge on any atom is 0.438 e. The molecule has 0 saturated heterocycles. The SMILES string of the molecule is Cc1cc(C)cc(OCC(=O)N2N=C(CCC(C)C)C[C@]2(O)C(F)(F)F)c1. The van der Waals surface area contributed by atoms with Crippen LogP contribution in [0.5, 0.6) is 5.75 Å². The zero-order chi connectivity index (χ0) is 20.4. The van der Waals surface area contributed by atoms with Gasteiger partial charge in [-0.15, -0.1) is 0 Å². The molecule has 1 aromatic carbocycles. The van der Waals surface area contributed by atoms with Crippen LogP contribution in [0.4, 0.5) is 13.2 Å². The van der Waals surface area contributed by atoms with Gasteiger partial charge < -0.3 is 9.84 Å². The first-order valence-corrected chi connectivity index (χ1v) is 8.82. The van der Waals surface area contributed by atoms with Crippen molar-refractivity contribution in [3.63, 3.8) is 0 Å². The molecule has 150 valence electrons. The fourth-order valence-electron chi connectivity index (χ4n) is 2.92. The number of nitrogens with zero attached hydrogens (tertiary/aromatic N) is 2. The highest BCUT2D eigenvalue weighted by Gasteiger charge is 2.63. The van der Waals surface area contributed by atoms with Crippen LogP contribution in [-0.2, 0) is 4.79 Å². The van der Waals surface area contributed by atoms with Crippen LogP contribution in [0, 0.1) is 19.8 Å². The lowest BCUT2D eigenvalue weighted by atomic mass is 9.99. The number of rotatable bonds is 6. The van der Waals surface area contributed by atoms with Crippen LogP contribution in [0.3, 0.4) is 0 Å². The Morgan fingerprint density at radius 1 is 1.30 bits per heavy atom. The van der Waals surface area contributed by atoms with Crippen molar-refractivity contribution in [3.05, 3.63) is 29.3 Å². The van der Waals surface area contributed by atoms with E-state index in [1.165, 1.54) is 0 Å². The van der Waals surface area contributed by atoms with Crippen molar-refractivity contribution in [3.8, 4) is 5.75 Å². The van der Waals surface area contributed by atoms with Gasteiger partial charge in [0.15, 0.2) is 6.61 Å². The fraction of sp³-hybridized carbons (Fsp3) is 0.579. The van der Waals surface area contributed by atoms with Gasteiger partial charge in [-0.2, -0.15) is 23.3 Å². The summed E-state index contributed by atoms with van der Waals surface area (Å²) in [7, 11) is 0.